The fourth-order valence-corrected chi connectivity index (χ4v) is 3.92. The molecule has 0 saturated heterocycles. The number of carbonyl (C=O) groups excluding carboxylic acids is 2. The van der Waals surface area contributed by atoms with E-state index in [1.165, 1.54) is 11.3 Å². The fraction of sp³-hybridized carbons (Fsp3) is 0.182. The molecule has 0 spiro atoms. The molecule has 7 heteroatoms. The van der Waals surface area contributed by atoms with E-state index in [0.29, 0.717) is 22.7 Å². The van der Waals surface area contributed by atoms with Gasteiger partial charge >= 0.3 is 0 Å². The molecule has 1 aromatic heterocycles. The van der Waals surface area contributed by atoms with Gasteiger partial charge in [0.2, 0.25) is 0 Å². The summed E-state index contributed by atoms with van der Waals surface area (Å²) < 4.78 is 6.73. The molecular weight excluding hydrogens is 452 g/mol. The van der Waals surface area contributed by atoms with Crippen LogP contribution in [-0.2, 0) is 6.61 Å². The van der Waals surface area contributed by atoms with Crippen molar-refractivity contribution in [3.05, 3.63) is 80.6 Å². The molecule has 3 N–H and O–H groups in total. The van der Waals surface area contributed by atoms with Crippen LogP contribution in [0.15, 0.2) is 59.1 Å². The number of rotatable bonds is 7. The Morgan fingerprint density at radius 2 is 1.76 bits per heavy atom. The highest BCUT2D eigenvalue weighted by Gasteiger charge is 2.18. The molecule has 0 saturated carbocycles. The van der Waals surface area contributed by atoms with Gasteiger partial charge in [-0.3, -0.25) is 9.59 Å². The Balaban J connectivity index is 1.66. The molecule has 1 heterocycles. The van der Waals surface area contributed by atoms with Gasteiger partial charge < -0.3 is 15.8 Å². The lowest BCUT2D eigenvalue weighted by atomic mass is 10.1. The number of ether oxygens (including phenoxy) is 1. The number of nitrogens with one attached hydrogen (secondary N) is 1. The molecule has 3 aromatic rings. The lowest BCUT2D eigenvalue weighted by molar-refractivity contribution is 0.100. The first-order chi connectivity index (χ1) is 13.8. The van der Waals surface area contributed by atoms with E-state index in [1.807, 2.05) is 50.2 Å². The number of carbonyl (C=O) groups is 2. The predicted octanol–water partition coefficient (Wildman–Crippen LogP) is 5.56. The van der Waals surface area contributed by atoms with Crippen molar-refractivity contribution in [1.82, 2.24) is 0 Å². The van der Waals surface area contributed by atoms with Crippen molar-refractivity contribution in [2.45, 2.75) is 26.4 Å². The number of hydrogen-bond acceptors (Lipinski definition) is 4. The SMILES string of the molecule is CC(C)c1cc(C(N)=O)c(NC(=O)c2ccc(COc3ccc(Br)cc3)cc2)s1. The number of thiophene rings is 1. The topological polar surface area (TPSA) is 81.4 Å². The predicted molar refractivity (Wildman–Crippen MR) is 120 cm³/mol. The van der Waals surface area contributed by atoms with Gasteiger partial charge in [-0.25, -0.2) is 0 Å². The summed E-state index contributed by atoms with van der Waals surface area (Å²) in [6.45, 7) is 4.45. The zero-order valence-electron chi connectivity index (χ0n) is 16.1. The van der Waals surface area contributed by atoms with E-state index in [9.17, 15) is 9.59 Å². The standard InChI is InChI=1S/C22H21BrN2O3S/c1-13(2)19-11-18(20(24)26)22(29-19)25-21(27)15-5-3-14(4-6-15)12-28-17-9-7-16(23)8-10-17/h3-11,13H,12H2,1-2H3,(H2,24,26)(H,25,27). The number of hydrogen-bond donors (Lipinski definition) is 2. The van der Waals surface area contributed by atoms with Crippen LogP contribution in [0.2, 0.25) is 0 Å². The third-order valence-electron chi connectivity index (χ3n) is 4.25. The molecule has 0 radical (unpaired) electrons. The first kappa shape index (κ1) is 21.1. The molecule has 2 aromatic carbocycles. The number of amides is 2. The maximum absolute atomic E-state index is 12.6. The Morgan fingerprint density at radius 1 is 1.10 bits per heavy atom. The van der Waals surface area contributed by atoms with E-state index >= 15 is 0 Å². The van der Waals surface area contributed by atoms with Gasteiger partial charge in [0.25, 0.3) is 11.8 Å². The van der Waals surface area contributed by atoms with E-state index in [4.69, 9.17) is 10.5 Å². The maximum atomic E-state index is 12.6. The molecule has 5 nitrogen and oxygen atoms in total. The van der Waals surface area contributed by atoms with Crippen molar-refractivity contribution in [3.63, 3.8) is 0 Å². The second kappa shape index (κ2) is 9.24. The maximum Gasteiger partial charge on any atom is 0.256 e. The van der Waals surface area contributed by atoms with Crippen LogP contribution < -0.4 is 15.8 Å². The molecular formula is C22H21BrN2O3S. The van der Waals surface area contributed by atoms with Gasteiger partial charge in [0.1, 0.15) is 17.4 Å². The number of nitrogens with two attached hydrogens (primary N) is 1. The van der Waals surface area contributed by atoms with Crippen LogP contribution in [0.5, 0.6) is 5.75 Å². The van der Waals surface area contributed by atoms with Gasteiger partial charge in [-0.2, -0.15) is 0 Å². The molecule has 150 valence electrons. The average Bonchev–Trinajstić information content (AvgIpc) is 3.12. The van der Waals surface area contributed by atoms with Crippen LogP contribution in [0.3, 0.4) is 0 Å². The molecule has 0 fully saturated rings. The van der Waals surface area contributed by atoms with Gasteiger partial charge in [-0.15, -0.1) is 11.3 Å². The quantitative estimate of drug-likeness (QED) is 0.471. The highest BCUT2D eigenvalue weighted by atomic mass is 79.9. The smallest absolute Gasteiger partial charge is 0.256 e. The summed E-state index contributed by atoms with van der Waals surface area (Å²) in [6.07, 6.45) is 0. The van der Waals surface area contributed by atoms with Gasteiger partial charge in [0.15, 0.2) is 0 Å². The van der Waals surface area contributed by atoms with Crippen LogP contribution in [0.1, 0.15) is 50.9 Å². The summed E-state index contributed by atoms with van der Waals surface area (Å²) in [5.74, 6) is 0.176. The minimum absolute atomic E-state index is 0.244. The fourth-order valence-electron chi connectivity index (χ4n) is 2.60. The highest BCUT2D eigenvalue weighted by molar-refractivity contribution is 9.10. The molecule has 0 aliphatic rings. The molecule has 0 aliphatic carbocycles. The van der Waals surface area contributed by atoms with Crippen LogP contribution >= 0.6 is 27.3 Å². The summed E-state index contributed by atoms with van der Waals surface area (Å²) in [7, 11) is 0. The second-order valence-corrected chi connectivity index (χ2v) is 8.80. The molecule has 3 rings (SSSR count). The number of primary amides is 1. The lowest BCUT2D eigenvalue weighted by Gasteiger charge is -2.08. The molecule has 0 unspecified atom stereocenters. The average molecular weight is 473 g/mol. The van der Waals surface area contributed by atoms with E-state index in [1.54, 1.807) is 18.2 Å². The third kappa shape index (κ3) is 5.46. The second-order valence-electron chi connectivity index (χ2n) is 6.80. The summed E-state index contributed by atoms with van der Waals surface area (Å²) in [5.41, 5.74) is 7.23. The van der Waals surface area contributed by atoms with Gasteiger partial charge in [0, 0.05) is 14.9 Å². The van der Waals surface area contributed by atoms with E-state index < -0.39 is 5.91 Å². The molecule has 0 atom stereocenters. The Labute approximate surface area is 182 Å². The van der Waals surface area contributed by atoms with Crippen molar-refractivity contribution in [3.8, 4) is 5.75 Å². The minimum Gasteiger partial charge on any atom is -0.489 e. The monoisotopic (exact) mass is 472 g/mol. The number of halogens is 1. The van der Waals surface area contributed by atoms with Crippen molar-refractivity contribution in [2.24, 2.45) is 5.73 Å². The Hall–Kier alpha value is -2.64. The highest BCUT2D eigenvalue weighted by Crippen LogP contribution is 2.33. The van der Waals surface area contributed by atoms with Crippen LogP contribution in [-0.4, -0.2) is 11.8 Å². The molecule has 0 aliphatic heterocycles. The van der Waals surface area contributed by atoms with Crippen LogP contribution in [0.4, 0.5) is 5.00 Å². The zero-order chi connectivity index (χ0) is 21.0. The van der Waals surface area contributed by atoms with E-state index in [0.717, 1.165) is 20.7 Å². The minimum atomic E-state index is -0.552. The molecule has 29 heavy (non-hydrogen) atoms. The molecule has 0 bridgehead atoms. The Bertz CT molecular complexity index is 1010. The van der Waals surface area contributed by atoms with Gasteiger partial charge in [-0.1, -0.05) is 41.9 Å². The first-order valence-electron chi connectivity index (χ1n) is 9.05. The van der Waals surface area contributed by atoms with Crippen molar-refractivity contribution in [1.29, 1.82) is 0 Å². The van der Waals surface area contributed by atoms with Crippen LogP contribution in [0.25, 0.3) is 0 Å². The number of anilines is 1. The zero-order valence-corrected chi connectivity index (χ0v) is 18.5. The molecule has 2 amide bonds. The third-order valence-corrected chi connectivity index (χ3v) is 6.13. The van der Waals surface area contributed by atoms with Crippen molar-refractivity contribution < 1.29 is 14.3 Å². The first-order valence-corrected chi connectivity index (χ1v) is 10.7. The van der Waals surface area contributed by atoms with E-state index in [-0.39, 0.29) is 11.8 Å². The largest absolute Gasteiger partial charge is 0.489 e. The van der Waals surface area contributed by atoms with Crippen molar-refractivity contribution >= 4 is 44.1 Å². The van der Waals surface area contributed by atoms with Crippen molar-refractivity contribution in [2.75, 3.05) is 5.32 Å². The van der Waals surface area contributed by atoms with Crippen LogP contribution in [0, 0.1) is 0 Å². The Kier molecular flexibility index (Phi) is 6.71. The van der Waals surface area contributed by atoms with Gasteiger partial charge in [-0.05, 0) is 53.9 Å². The Morgan fingerprint density at radius 3 is 2.34 bits per heavy atom. The summed E-state index contributed by atoms with van der Waals surface area (Å²) in [6, 6.07) is 16.5. The summed E-state index contributed by atoms with van der Waals surface area (Å²) in [4.78, 5) is 25.3. The summed E-state index contributed by atoms with van der Waals surface area (Å²) >= 11 is 4.76. The number of benzene rings is 2. The summed E-state index contributed by atoms with van der Waals surface area (Å²) in [5, 5.41) is 3.29. The lowest BCUT2D eigenvalue weighted by Crippen LogP contribution is -2.16. The van der Waals surface area contributed by atoms with Gasteiger partial charge in [0.05, 0.1) is 5.56 Å². The van der Waals surface area contributed by atoms with E-state index in [2.05, 4.69) is 21.2 Å². The normalized spacial score (nSPS) is 10.8.